The number of amides is 3. The van der Waals surface area contributed by atoms with E-state index in [2.05, 4.69) is 0 Å². The molecular weight excluding hydrogens is 1000 g/mol. The topological polar surface area (TPSA) is 99.6 Å². The second-order valence-electron chi connectivity index (χ2n) is 27.0. The highest BCUT2D eigenvalue weighted by atomic mass is 16.6. The molecule has 3 heterocycles. The molecule has 9 heteroatoms. The van der Waals surface area contributed by atoms with E-state index in [1.165, 1.54) is 281 Å². The number of fused-ring (bicyclic) bond motifs is 1. The minimum atomic E-state index is -0.991. The maximum Gasteiger partial charge on any atom is 0.410 e. The first-order valence-corrected chi connectivity index (χ1v) is 35.6. The van der Waals surface area contributed by atoms with Crippen molar-refractivity contribution in [1.82, 2.24) is 14.7 Å². The Hall–Kier alpha value is -2.65. The third kappa shape index (κ3) is 28.9. The van der Waals surface area contributed by atoms with Gasteiger partial charge >= 0.3 is 6.09 Å². The van der Waals surface area contributed by atoms with Crippen molar-refractivity contribution in [3.8, 4) is 0 Å². The monoisotopic (exact) mass is 1130 g/mol. The SMILES string of the molecule is CC1C(=O)N2C(CCC(=O)N3CCCCCCCCCCCCCCCCCCCCCCCCCCCCCCCCCCCCCCCCCCCCCCCCC4(CC4)C(O)C3)COC2(C)CN1C(=O)OCc1ccccc1. The molecule has 4 atom stereocenters. The normalized spacial score (nSPS) is 27.2. The fourth-order valence-corrected chi connectivity index (χ4v) is 14.0. The van der Waals surface area contributed by atoms with Crippen LogP contribution in [0.4, 0.5) is 4.79 Å². The van der Waals surface area contributed by atoms with Crippen molar-refractivity contribution >= 4 is 17.9 Å². The predicted molar refractivity (Wildman–Crippen MR) is 338 cm³/mol. The molecule has 4 fully saturated rings. The quantitative estimate of drug-likeness (QED) is 0.315. The lowest BCUT2D eigenvalue weighted by Crippen LogP contribution is -2.67. The number of β-amino-alcohol motifs (C(OH)–C–C–N with tert-alkyl or cyclic N) is 1. The van der Waals surface area contributed by atoms with Gasteiger partial charge in [0.25, 0.3) is 0 Å². The highest BCUT2D eigenvalue weighted by Crippen LogP contribution is 2.53. The second kappa shape index (κ2) is 43.0. The van der Waals surface area contributed by atoms with E-state index in [1.54, 1.807) is 11.8 Å². The molecule has 3 saturated heterocycles. The number of carbonyl (C=O) groups is 3. The van der Waals surface area contributed by atoms with Crippen molar-refractivity contribution < 1.29 is 29.0 Å². The minimum Gasteiger partial charge on any atom is -0.445 e. The van der Waals surface area contributed by atoms with Crippen molar-refractivity contribution in [3.63, 3.8) is 0 Å². The van der Waals surface area contributed by atoms with Gasteiger partial charge in [-0.15, -0.1) is 0 Å². The number of benzene rings is 1. The summed E-state index contributed by atoms with van der Waals surface area (Å²) in [4.78, 5) is 46.9. The zero-order valence-corrected chi connectivity index (χ0v) is 53.0. The molecule has 1 N–H and O–H groups in total. The second-order valence-corrected chi connectivity index (χ2v) is 27.0. The van der Waals surface area contributed by atoms with Gasteiger partial charge < -0.3 is 24.4 Å². The van der Waals surface area contributed by atoms with E-state index in [1.807, 2.05) is 42.2 Å². The summed E-state index contributed by atoms with van der Waals surface area (Å²) in [6.45, 7) is 5.36. The van der Waals surface area contributed by atoms with Crippen molar-refractivity contribution in [3.05, 3.63) is 35.9 Å². The molecule has 4 unspecified atom stereocenters. The number of aliphatic hydroxyl groups excluding tert-OH is 1. The van der Waals surface area contributed by atoms with Crippen molar-refractivity contribution in [2.45, 2.75) is 372 Å². The average Bonchev–Trinajstić information content (AvgIpc) is 3.86. The van der Waals surface area contributed by atoms with Crippen LogP contribution >= 0.6 is 0 Å². The molecule has 0 aromatic heterocycles. The van der Waals surface area contributed by atoms with Gasteiger partial charge in [-0.3, -0.25) is 14.5 Å². The van der Waals surface area contributed by atoms with E-state index in [0.717, 1.165) is 44.1 Å². The van der Waals surface area contributed by atoms with Gasteiger partial charge in [-0.1, -0.05) is 319 Å². The number of rotatable bonds is 5. The molecular formula is C72H127N3O6. The molecule has 1 aliphatic carbocycles. The van der Waals surface area contributed by atoms with Gasteiger partial charge in [0.1, 0.15) is 12.6 Å². The number of carbonyl (C=O) groups excluding carboxylic acids is 3. The fourth-order valence-electron chi connectivity index (χ4n) is 14.0. The number of hydrogen-bond donors (Lipinski definition) is 1. The maximum atomic E-state index is 14.3. The van der Waals surface area contributed by atoms with Crippen LogP contribution in [0.3, 0.4) is 0 Å². The van der Waals surface area contributed by atoms with Crippen LogP contribution in [0.1, 0.15) is 347 Å². The molecule has 81 heavy (non-hydrogen) atoms. The van der Waals surface area contributed by atoms with Gasteiger partial charge in [-0.2, -0.15) is 0 Å². The molecule has 4 aliphatic rings. The number of piperazine rings is 1. The van der Waals surface area contributed by atoms with E-state index >= 15 is 0 Å². The lowest BCUT2D eigenvalue weighted by Gasteiger charge is -2.47. The molecule has 5 rings (SSSR count). The van der Waals surface area contributed by atoms with E-state index in [0.29, 0.717) is 32.5 Å². The van der Waals surface area contributed by atoms with Gasteiger partial charge in [-0.05, 0) is 56.9 Å². The summed E-state index contributed by atoms with van der Waals surface area (Å²) in [5, 5.41) is 11.9. The number of aliphatic hydroxyl groups is 1. The standard InChI is InChI=1S/C72H127N3O6/c1-64-69(78)75-66(62-81-71(75,2)63-74(64)70(79)80-61-65-52-48-47-49-53-65)54-55-68(77)73-59-51-46-44-42-40-38-36-34-32-30-28-26-24-22-20-18-16-14-12-10-8-6-4-3-5-7-9-11-13-15-17-19-21-23-25-27-29-31-33-35-37-39-41-43-45-50-56-72(57-58-72)67(76)60-73/h47-49,52-53,64,66-67,76H,3-46,50-51,54-63H2,1-2H3. The van der Waals surface area contributed by atoms with Gasteiger partial charge in [-0.25, -0.2) is 4.79 Å². The number of hydrogen-bond acceptors (Lipinski definition) is 6. The molecule has 9 nitrogen and oxygen atoms in total. The first-order valence-electron chi connectivity index (χ1n) is 35.6. The first-order chi connectivity index (χ1) is 39.7. The molecule has 1 saturated carbocycles. The summed E-state index contributed by atoms with van der Waals surface area (Å²) in [6.07, 6.45) is 66.7. The van der Waals surface area contributed by atoms with Crippen LogP contribution in [0.2, 0.25) is 0 Å². The lowest BCUT2D eigenvalue weighted by atomic mass is 9.91. The zero-order valence-electron chi connectivity index (χ0n) is 53.0. The van der Waals surface area contributed by atoms with Crippen LogP contribution in [0, 0.1) is 5.41 Å². The Bertz CT molecular complexity index is 1740. The Morgan fingerprint density at radius 1 is 0.531 bits per heavy atom. The van der Waals surface area contributed by atoms with Crippen molar-refractivity contribution in [1.29, 1.82) is 0 Å². The van der Waals surface area contributed by atoms with Crippen molar-refractivity contribution in [2.24, 2.45) is 5.41 Å². The van der Waals surface area contributed by atoms with E-state index in [-0.39, 0.29) is 36.4 Å². The summed E-state index contributed by atoms with van der Waals surface area (Å²) in [5.74, 6) is -0.110. The summed E-state index contributed by atoms with van der Waals surface area (Å²) >= 11 is 0. The third-order valence-corrected chi connectivity index (χ3v) is 19.8. The highest BCUT2D eigenvalue weighted by Gasteiger charge is 2.55. The number of ether oxygens (including phenoxy) is 2. The average molecular weight is 1130 g/mol. The largest absolute Gasteiger partial charge is 0.445 e. The maximum absolute atomic E-state index is 14.3. The fraction of sp³-hybridized carbons (Fsp3) is 0.875. The number of nitrogens with zero attached hydrogens (tertiary/aromatic N) is 3. The first kappa shape index (κ1) is 69.1. The molecule has 3 aliphatic heterocycles. The molecule has 466 valence electrons. The summed E-state index contributed by atoms with van der Waals surface area (Å²) in [6, 6.07) is 8.60. The van der Waals surface area contributed by atoms with Crippen LogP contribution in [0.15, 0.2) is 30.3 Å². The summed E-state index contributed by atoms with van der Waals surface area (Å²) < 4.78 is 12.0. The molecule has 1 aromatic rings. The van der Waals surface area contributed by atoms with E-state index in [9.17, 15) is 19.5 Å². The Morgan fingerprint density at radius 3 is 1.26 bits per heavy atom. The lowest BCUT2D eigenvalue weighted by molar-refractivity contribution is -0.170. The molecule has 0 bridgehead atoms. The summed E-state index contributed by atoms with van der Waals surface area (Å²) in [5.41, 5.74) is -0.153. The zero-order chi connectivity index (χ0) is 57.3. The third-order valence-electron chi connectivity index (χ3n) is 19.8. The van der Waals surface area contributed by atoms with E-state index < -0.39 is 24.0 Å². The van der Waals surface area contributed by atoms with Gasteiger partial charge in [0, 0.05) is 19.5 Å². The molecule has 3 amide bonds. The van der Waals surface area contributed by atoms with Gasteiger partial charge in [0.15, 0.2) is 5.72 Å². The van der Waals surface area contributed by atoms with Crippen molar-refractivity contribution in [2.75, 3.05) is 26.2 Å². The molecule has 0 radical (unpaired) electrons. The Kier molecular flexibility index (Phi) is 36.7. The molecule has 1 aromatic carbocycles. The minimum absolute atomic E-state index is 0.0499. The Balaban J connectivity index is 1.01. The van der Waals surface area contributed by atoms with Crippen LogP contribution in [0.5, 0.6) is 0 Å². The van der Waals surface area contributed by atoms with Crippen LogP contribution in [0.25, 0.3) is 0 Å². The Labute approximate surface area is 498 Å². The smallest absolute Gasteiger partial charge is 0.410 e. The van der Waals surface area contributed by atoms with Gasteiger partial charge in [0.2, 0.25) is 11.8 Å². The van der Waals surface area contributed by atoms with E-state index in [4.69, 9.17) is 9.47 Å². The highest BCUT2D eigenvalue weighted by molar-refractivity contribution is 5.88. The predicted octanol–water partition coefficient (Wildman–Crippen LogP) is 20.1. The molecule has 1 spiro atoms. The van der Waals surface area contributed by atoms with Crippen LogP contribution in [-0.4, -0.2) is 87.9 Å². The summed E-state index contributed by atoms with van der Waals surface area (Å²) in [7, 11) is 0. The Morgan fingerprint density at radius 2 is 0.889 bits per heavy atom. The van der Waals surface area contributed by atoms with Crippen LogP contribution in [-0.2, 0) is 25.7 Å². The van der Waals surface area contributed by atoms with Gasteiger partial charge in [0.05, 0.1) is 25.3 Å². The van der Waals surface area contributed by atoms with Crippen LogP contribution < -0.4 is 0 Å².